The molecule has 0 radical (unpaired) electrons. The van der Waals surface area contributed by atoms with Crippen LogP contribution in [-0.4, -0.2) is 42.4 Å². The fraction of sp³-hybridized carbons (Fsp3) is 0.783. The quantitative estimate of drug-likeness (QED) is 0.635. The van der Waals surface area contributed by atoms with E-state index in [2.05, 4.69) is 5.32 Å². The molecule has 0 aromatic rings. The summed E-state index contributed by atoms with van der Waals surface area (Å²) in [4.78, 5) is 62.2. The summed E-state index contributed by atoms with van der Waals surface area (Å²) in [6.45, 7) is 5.97. The van der Waals surface area contributed by atoms with E-state index in [1.807, 2.05) is 13.8 Å². The number of hydrogen-bond acceptors (Lipinski definition) is 6. The van der Waals surface area contributed by atoms with E-state index >= 15 is 0 Å². The molecule has 7 heteroatoms. The predicted octanol–water partition coefficient (Wildman–Crippen LogP) is 2.40. The lowest BCUT2D eigenvalue weighted by molar-refractivity contribution is -0.160. The van der Waals surface area contributed by atoms with Gasteiger partial charge in [0.2, 0.25) is 5.91 Å². The van der Waals surface area contributed by atoms with Gasteiger partial charge in [-0.3, -0.25) is 24.0 Å². The van der Waals surface area contributed by atoms with Gasteiger partial charge in [0.25, 0.3) is 0 Å². The number of nitrogens with one attached hydrogen (secondary N) is 1. The Balaban J connectivity index is 1.66. The molecule has 0 aliphatic heterocycles. The molecule has 1 N–H and O–H groups in total. The van der Waals surface area contributed by atoms with E-state index in [1.165, 1.54) is 0 Å². The molecule has 1 amide bonds. The van der Waals surface area contributed by atoms with Gasteiger partial charge in [-0.05, 0) is 38.0 Å². The standard InChI is InChI=1S/C23H33NO6/c1-4-30-20(29)10-12-24-19(28)9-11-22(2)17(26)7-5-14-15-6-8-18(27)23(15,3)13-16(25)21(14)22/h14-15,21H,4-13H2,1-3H3,(H,24,28)/t14-,15-,21+,22-,23-/m0/s1. The molecule has 30 heavy (non-hydrogen) atoms. The molecule has 0 aromatic carbocycles. The van der Waals surface area contributed by atoms with Crippen LogP contribution in [-0.2, 0) is 28.7 Å². The first-order valence-electron chi connectivity index (χ1n) is 11.1. The summed E-state index contributed by atoms with van der Waals surface area (Å²) in [5, 5.41) is 2.70. The number of ketones is 3. The first-order valence-corrected chi connectivity index (χ1v) is 11.1. The Labute approximate surface area is 177 Å². The number of esters is 1. The van der Waals surface area contributed by atoms with Crippen LogP contribution in [0.15, 0.2) is 0 Å². The van der Waals surface area contributed by atoms with Crippen LogP contribution >= 0.6 is 0 Å². The predicted molar refractivity (Wildman–Crippen MR) is 108 cm³/mol. The van der Waals surface area contributed by atoms with Gasteiger partial charge in [-0.15, -0.1) is 0 Å². The first-order chi connectivity index (χ1) is 14.1. The van der Waals surface area contributed by atoms with Crippen LogP contribution in [0.4, 0.5) is 0 Å². The number of carbonyl (C=O) groups excluding carboxylic acids is 5. The second kappa shape index (κ2) is 8.60. The molecule has 0 spiro atoms. The minimum atomic E-state index is -0.870. The maximum atomic E-state index is 13.2. The normalized spacial score (nSPS) is 35.6. The largest absolute Gasteiger partial charge is 0.466 e. The van der Waals surface area contributed by atoms with Crippen molar-refractivity contribution in [1.29, 1.82) is 0 Å². The van der Waals surface area contributed by atoms with Crippen molar-refractivity contribution >= 4 is 29.2 Å². The lowest BCUT2D eigenvalue weighted by Crippen LogP contribution is -2.56. The molecule has 166 valence electrons. The van der Waals surface area contributed by atoms with Crippen molar-refractivity contribution in [3.8, 4) is 0 Å². The summed E-state index contributed by atoms with van der Waals surface area (Å²) in [5.74, 6) is -0.585. The minimum Gasteiger partial charge on any atom is -0.466 e. The summed E-state index contributed by atoms with van der Waals surface area (Å²) in [5.41, 5.74) is -1.45. The molecule has 7 nitrogen and oxygen atoms in total. The van der Waals surface area contributed by atoms with Crippen molar-refractivity contribution < 1.29 is 28.7 Å². The van der Waals surface area contributed by atoms with Gasteiger partial charge in [0.15, 0.2) is 0 Å². The summed E-state index contributed by atoms with van der Waals surface area (Å²) in [7, 11) is 0. The number of carbonyl (C=O) groups is 5. The molecule has 5 atom stereocenters. The summed E-state index contributed by atoms with van der Waals surface area (Å²) < 4.78 is 4.83. The van der Waals surface area contributed by atoms with Gasteiger partial charge >= 0.3 is 5.97 Å². The van der Waals surface area contributed by atoms with Crippen molar-refractivity contribution in [3.63, 3.8) is 0 Å². The Bertz CT molecular complexity index is 761. The van der Waals surface area contributed by atoms with E-state index in [-0.39, 0.29) is 66.9 Å². The van der Waals surface area contributed by atoms with Gasteiger partial charge in [0.1, 0.15) is 17.3 Å². The third-order valence-electron chi connectivity index (χ3n) is 7.83. The zero-order valence-electron chi connectivity index (χ0n) is 18.3. The maximum absolute atomic E-state index is 13.2. The van der Waals surface area contributed by atoms with E-state index in [0.717, 1.165) is 6.42 Å². The van der Waals surface area contributed by atoms with Gasteiger partial charge in [0.05, 0.1) is 13.0 Å². The van der Waals surface area contributed by atoms with Gasteiger partial charge in [-0.1, -0.05) is 13.8 Å². The third kappa shape index (κ3) is 3.95. The van der Waals surface area contributed by atoms with E-state index in [4.69, 9.17) is 4.74 Å². The zero-order chi connectivity index (χ0) is 22.1. The molecule has 3 rings (SSSR count). The molecule has 0 heterocycles. The second-order valence-electron chi connectivity index (χ2n) is 9.55. The molecule has 3 fully saturated rings. The van der Waals surface area contributed by atoms with Crippen molar-refractivity contribution in [2.24, 2.45) is 28.6 Å². The number of fused-ring (bicyclic) bond motifs is 3. The Hall–Kier alpha value is -2.05. The fourth-order valence-corrected chi connectivity index (χ4v) is 6.20. The van der Waals surface area contributed by atoms with Gasteiger partial charge in [-0.25, -0.2) is 0 Å². The highest BCUT2D eigenvalue weighted by molar-refractivity contribution is 5.99. The van der Waals surface area contributed by atoms with E-state index in [9.17, 15) is 24.0 Å². The molecular weight excluding hydrogens is 386 g/mol. The Morgan fingerprint density at radius 2 is 1.77 bits per heavy atom. The molecule has 3 aliphatic carbocycles. The average Bonchev–Trinajstić information content (AvgIpc) is 2.97. The monoisotopic (exact) mass is 419 g/mol. The van der Waals surface area contributed by atoms with Crippen LogP contribution in [0.2, 0.25) is 0 Å². The summed E-state index contributed by atoms with van der Waals surface area (Å²) in [6, 6.07) is 0. The number of ether oxygens (including phenoxy) is 1. The SMILES string of the molecule is CCOC(=O)CCNC(=O)CC[C@@]1(C)C(=O)CC[C@@H]2[C@@H]1C(=O)C[C@]1(C)C(=O)CC[C@@H]21. The summed E-state index contributed by atoms with van der Waals surface area (Å²) in [6.07, 6.45) is 3.12. The minimum absolute atomic E-state index is 0.00673. The molecule has 0 aromatic heterocycles. The Morgan fingerprint density at radius 1 is 1.07 bits per heavy atom. The maximum Gasteiger partial charge on any atom is 0.307 e. The smallest absolute Gasteiger partial charge is 0.307 e. The van der Waals surface area contributed by atoms with Crippen molar-refractivity contribution in [3.05, 3.63) is 0 Å². The molecule has 3 aliphatic rings. The molecular formula is C23H33NO6. The zero-order valence-corrected chi connectivity index (χ0v) is 18.3. The summed E-state index contributed by atoms with van der Waals surface area (Å²) >= 11 is 0. The fourth-order valence-electron chi connectivity index (χ4n) is 6.20. The van der Waals surface area contributed by atoms with Crippen LogP contribution in [0, 0.1) is 28.6 Å². The Morgan fingerprint density at radius 3 is 2.47 bits per heavy atom. The van der Waals surface area contributed by atoms with Gasteiger partial charge in [-0.2, -0.15) is 0 Å². The van der Waals surface area contributed by atoms with Gasteiger partial charge < -0.3 is 10.1 Å². The molecule has 0 saturated heterocycles. The molecule has 3 saturated carbocycles. The van der Waals surface area contributed by atoms with E-state index < -0.39 is 16.7 Å². The Kier molecular flexibility index (Phi) is 6.48. The highest BCUT2D eigenvalue weighted by atomic mass is 16.5. The average molecular weight is 420 g/mol. The van der Waals surface area contributed by atoms with Crippen LogP contribution < -0.4 is 5.32 Å². The van der Waals surface area contributed by atoms with Crippen molar-refractivity contribution in [1.82, 2.24) is 5.32 Å². The topological polar surface area (TPSA) is 107 Å². The van der Waals surface area contributed by atoms with Gasteiger partial charge in [0, 0.05) is 49.0 Å². The number of amides is 1. The second-order valence-corrected chi connectivity index (χ2v) is 9.55. The van der Waals surface area contributed by atoms with Crippen LogP contribution in [0.5, 0.6) is 0 Å². The molecule has 0 unspecified atom stereocenters. The lowest BCUT2D eigenvalue weighted by Gasteiger charge is -2.52. The van der Waals surface area contributed by atoms with Crippen LogP contribution in [0.1, 0.15) is 72.1 Å². The van der Waals surface area contributed by atoms with E-state index in [0.29, 0.717) is 32.3 Å². The number of rotatable bonds is 7. The molecule has 0 bridgehead atoms. The van der Waals surface area contributed by atoms with Crippen LogP contribution in [0.25, 0.3) is 0 Å². The van der Waals surface area contributed by atoms with Crippen molar-refractivity contribution in [2.75, 3.05) is 13.2 Å². The highest BCUT2D eigenvalue weighted by Gasteiger charge is 2.62. The van der Waals surface area contributed by atoms with E-state index in [1.54, 1.807) is 6.92 Å². The van der Waals surface area contributed by atoms with Crippen LogP contribution in [0.3, 0.4) is 0 Å². The third-order valence-corrected chi connectivity index (χ3v) is 7.83. The number of hydrogen-bond donors (Lipinski definition) is 1. The highest BCUT2D eigenvalue weighted by Crippen LogP contribution is 2.60. The first kappa shape index (κ1) is 22.6. The lowest BCUT2D eigenvalue weighted by atomic mass is 9.48. The number of Topliss-reactive ketones (excluding diaryl/α,β-unsaturated/α-hetero) is 3. The van der Waals surface area contributed by atoms with Crippen molar-refractivity contribution in [2.45, 2.75) is 72.1 Å².